The molecule has 1 aliphatic rings. The fourth-order valence-corrected chi connectivity index (χ4v) is 4.97. The molecule has 4 aromatic rings. The Balaban J connectivity index is 1.56. The van der Waals surface area contributed by atoms with E-state index in [2.05, 4.69) is 0 Å². The molecule has 1 fully saturated rings. The molecule has 2 amide bonds. The van der Waals surface area contributed by atoms with E-state index in [1.54, 1.807) is 67.6 Å². The van der Waals surface area contributed by atoms with Crippen LogP contribution < -0.4 is 9.80 Å². The molecule has 1 aliphatic heterocycles. The molecule has 0 unspecified atom stereocenters. The molecule has 0 saturated carbocycles. The maximum Gasteiger partial charge on any atom is 0.339 e. The van der Waals surface area contributed by atoms with Gasteiger partial charge in [0.15, 0.2) is 5.11 Å². The van der Waals surface area contributed by atoms with E-state index in [1.165, 1.54) is 15.9 Å². The minimum Gasteiger partial charge on any atom is -0.462 e. The highest BCUT2D eigenvalue weighted by Crippen LogP contribution is 2.32. The smallest absolute Gasteiger partial charge is 0.339 e. The van der Waals surface area contributed by atoms with Gasteiger partial charge in [0.25, 0.3) is 11.8 Å². The molecular formula is C32H25ClN2O5S. The van der Waals surface area contributed by atoms with E-state index >= 15 is 0 Å². The number of carbonyl (C=O) groups is 3. The molecule has 5 rings (SSSR count). The quantitative estimate of drug-likeness (QED) is 0.104. The zero-order valence-corrected chi connectivity index (χ0v) is 24.1. The lowest BCUT2D eigenvalue weighted by Gasteiger charge is -2.36. The van der Waals surface area contributed by atoms with Crippen molar-refractivity contribution in [1.82, 2.24) is 0 Å². The number of aryl methyl sites for hydroxylation is 2. The van der Waals surface area contributed by atoms with Gasteiger partial charge in [0.1, 0.15) is 17.1 Å². The first-order valence-electron chi connectivity index (χ1n) is 12.8. The Morgan fingerprint density at radius 1 is 0.902 bits per heavy atom. The van der Waals surface area contributed by atoms with Gasteiger partial charge in [-0.25, -0.2) is 4.79 Å². The zero-order chi connectivity index (χ0) is 29.3. The summed E-state index contributed by atoms with van der Waals surface area (Å²) in [6.45, 7) is 5.85. The van der Waals surface area contributed by atoms with E-state index in [0.29, 0.717) is 22.7 Å². The average Bonchev–Trinajstić information content (AvgIpc) is 3.43. The Bertz CT molecular complexity index is 1730. The van der Waals surface area contributed by atoms with Crippen molar-refractivity contribution in [3.05, 3.63) is 112 Å². The van der Waals surface area contributed by atoms with Gasteiger partial charge in [0.05, 0.1) is 28.6 Å². The number of hydrogen-bond acceptors (Lipinski definition) is 6. The van der Waals surface area contributed by atoms with Crippen LogP contribution in [-0.2, 0) is 14.3 Å². The van der Waals surface area contributed by atoms with Crippen LogP contribution in [0.4, 0.5) is 11.4 Å². The van der Waals surface area contributed by atoms with E-state index in [9.17, 15) is 14.4 Å². The number of amides is 2. The van der Waals surface area contributed by atoms with Crippen molar-refractivity contribution in [2.45, 2.75) is 20.8 Å². The van der Waals surface area contributed by atoms with Crippen molar-refractivity contribution in [1.29, 1.82) is 0 Å². The van der Waals surface area contributed by atoms with Gasteiger partial charge < -0.3 is 9.15 Å². The summed E-state index contributed by atoms with van der Waals surface area (Å²) in [6, 6.07) is 22.7. The molecule has 1 saturated heterocycles. The van der Waals surface area contributed by atoms with Gasteiger partial charge in [0, 0.05) is 5.56 Å². The zero-order valence-electron chi connectivity index (χ0n) is 22.5. The van der Waals surface area contributed by atoms with E-state index in [1.807, 2.05) is 32.0 Å². The first-order chi connectivity index (χ1) is 19.7. The summed E-state index contributed by atoms with van der Waals surface area (Å²) in [7, 11) is 0. The van der Waals surface area contributed by atoms with E-state index in [-0.39, 0.29) is 33.6 Å². The summed E-state index contributed by atoms with van der Waals surface area (Å²) in [5.74, 6) is -0.999. The lowest BCUT2D eigenvalue weighted by molar-refractivity contribution is -0.120. The molecule has 1 aromatic heterocycles. The summed E-state index contributed by atoms with van der Waals surface area (Å²) < 4.78 is 11.1. The summed E-state index contributed by atoms with van der Waals surface area (Å²) in [4.78, 5) is 42.6. The highest BCUT2D eigenvalue weighted by molar-refractivity contribution is 7.81. The minimum atomic E-state index is -0.569. The number of nitrogens with zero attached hydrogens (tertiary/aromatic N) is 2. The lowest BCUT2D eigenvalue weighted by atomic mass is 10.1. The van der Waals surface area contributed by atoms with E-state index in [4.69, 9.17) is 33.0 Å². The normalized spacial score (nSPS) is 14.6. The van der Waals surface area contributed by atoms with Crippen LogP contribution in [0.3, 0.4) is 0 Å². The van der Waals surface area contributed by atoms with Crippen molar-refractivity contribution in [3.8, 4) is 11.3 Å². The predicted octanol–water partition coefficient (Wildman–Crippen LogP) is 7.14. The number of esters is 1. The van der Waals surface area contributed by atoms with Crippen LogP contribution in [-0.4, -0.2) is 29.5 Å². The largest absolute Gasteiger partial charge is 0.462 e. The van der Waals surface area contributed by atoms with Gasteiger partial charge >= 0.3 is 5.97 Å². The number of benzene rings is 3. The summed E-state index contributed by atoms with van der Waals surface area (Å²) in [5, 5.41) is 0.308. The molecule has 3 aromatic carbocycles. The molecule has 0 radical (unpaired) electrons. The molecule has 0 N–H and O–H groups in total. The van der Waals surface area contributed by atoms with Crippen LogP contribution in [0.2, 0.25) is 5.02 Å². The second-order valence-electron chi connectivity index (χ2n) is 9.34. The maximum atomic E-state index is 13.8. The Morgan fingerprint density at radius 3 is 2.29 bits per heavy atom. The summed E-state index contributed by atoms with van der Waals surface area (Å²) in [5.41, 5.74) is 3.78. The number of para-hydroxylation sites is 1. The molecule has 2 heterocycles. The Labute approximate surface area is 247 Å². The second-order valence-corrected chi connectivity index (χ2v) is 10.1. The van der Waals surface area contributed by atoms with Gasteiger partial charge in [-0.2, -0.15) is 0 Å². The van der Waals surface area contributed by atoms with E-state index < -0.39 is 17.8 Å². The number of rotatable bonds is 6. The first-order valence-corrected chi connectivity index (χ1v) is 13.6. The monoisotopic (exact) mass is 584 g/mol. The second kappa shape index (κ2) is 11.5. The number of ether oxygens (including phenoxy) is 1. The van der Waals surface area contributed by atoms with Gasteiger partial charge in [-0.3, -0.25) is 19.4 Å². The van der Waals surface area contributed by atoms with Gasteiger partial charge in [-0.05, 0) is 105 Å². The number of furan rings is 1. The van der Waals surface area contributed by atoms with Crippen molar-refractivity contribution in [2.24, 2.45) is 0 Å². The van der Waals surface area contributed by atoms with Gasteiger partial charge in [-0.1, -0.05) is 35.9 Å². The highest BCUT2D eigenvalue weighted by Gasteiger charge is 2.41. The van der Waals surface area contributed by atoms with Crippen molar-refractivity contribution in [2.75, 3.05) is 16.4 Å². The van der Waals surface area contributed by atoms with Crippen LogP contribution >= 0.6 is 23.8 Å². The summed E-state index contributed by atoms with van der Waals surface area (Å²) >= 11 is 11.9. The van der Waals surface area contributed by atoms with Crippen LogP contribution in [0.25, 0.3) is 17.4 Å². The third kappa shape index (κ3) is 5.44. The van der Waals surface area contributed by atoms with Crippen LogP contribution in [0.1, 0.15) is 34.2 Å². The minimum absolute atomic E-state index is 0.0550. The third-order valence-corrected chi connectivity index (χ3v) is 7.37. The van der Waals surface area contributed by atoms with Crippen LogP contribution in [0, 0.1) is 13.8 Å². The fourth-order valence-electron chi connectivity index (χ4n) is 4.40. The maximum absolute atomic E-state index is 13.8. The first kappa shape index (κ1) is 28.0. The van der Waals surface area contributed by atoms with E-state index in [0.717, 1.165) is 11.1 Å². The number of carbonyl (C=O) groups excluding carboxylic acids is 3. The Hall–Kier alpha value is -4.53. The number of halogens is 1. The fraction of sp³-hybridized carbons (Fsp3) is 0.125. The highest BCUT2D eigenvalue weighted by atomic mass is 35.5. The molecule has 206 valence electrons. The predicted molar refractivity (Wildman–Crippen MR) is 163 cm³/mol. The number of anilines is 2. The van der Waals surface area contributed by atoms with Crippen molar-refractivity contribution < 1.29 is 23.5 Å². The number of hydrogen-bond donors (Lipinski definition) is 0. The molecule has 9 heteroatoms. The molecule has 0 aliphatic carbocycles. The SMILES string of the molecule is CCOC(=O)c1cc(-c2ccc(/C=C3/C(=O)N(c4ccccc4)C(=S)N(c4ccc(C)c(C)c4)C3=O)o2)ccc1Cl. The van der Waals surface area contributed by atoms with Crippen molar-refractivity contribution >= 4 is 64.2 Å². The third-order valence-electron chi connectivity index (χ3n) is 6.67. The summed E-state index contributed by atoms with van der Waals surface area (Å²) in [6.07, 6.45) is 1.40. The van der Waals surface area contributed by atoms with Crippen molar-refractivity contribution in [3.63, 3.8) is 0 Å². The van der Waals surface area contributed by atoms with Crippen LogP contribution in [0.15, 0.2) is 88.9 Å². The average molecular weight is 585 g/mol. The lowest BCUT2D eigenvalue weighted by Crippen LogP contribution is -2.57. The Kier molecular flexibility index (Phi) is 7.88. The molecule has 0 atom stereocenters. The molecule has 0 spiro atoms. The molecular weight excluding hydrogens is 560 g/mol. The number of thiocarbonyl (C=S) groups is 1. The Morgan fingerprint density at radius 2 is 1.61 bits per heavy atom. The molecule has 0 bridgehead atoms. The standard InChI is InChI=1S/C32H25ClN2O5S/c1-4-39-31(38)25-17-21(11-14-27(25)33)28-15-13-24(40-28)18-26-29(36)34(22-8-6-5-7-9-22)32(41)35(30(26)37)23-12-10-19(2)20(3)16-23/h5-18H,4H2,1-3H3/b26-18-. The molecule has 41 heavy (non-hydrogen) atoms. The van der Waals surface area contributed by atoms with Gasteiger partial charge in [0.2, 0.25) is 0 Å². The van der Waals surface area contributed by atoms with Crippen LogP contribution in [0.5, 0.6) is 0 Å². The topological polar surface area (TPSA) is 80.1 Å². The molecule has 7 nitrogen and oxygen atoms in total. The van der Waals surface area contributed by atoms with Gasteiger partial charge in [-0.15, -0.1) is 0 Å².